The quantitative estimate of drug-likeness (QED) is 0.432. The van der Waals surface area contributed by atoms with Crippen LogP contribution in [-0.4, -0.2) is 46.3 Å². The minimum Gasteiger partial charge on any atom is -0.389 e. The highest BCUT2D eigenvalue weighted by Gasteiger charge is 2.35. The van der Waals surface area contributed by atoms with Crippen molar-refractivity contribution in [3.8, 4) is 17.2 Å². The summed E-state index contributed by atoms with van der Waals surface area (Å²) in [6, 6.07) is 5.38. The van der Waals surface area contributed by atoms with Gasteiger partial charge in [0.05, 0.1) is 26.7 Å². The third-order valence-corrected chi connectivity index (χ3v) is 7.67. The molecule has 2 aromatic carbocycles. The predicted octanol–water partition coefficient (Wildman–Crippen LogP) is 3.61. The summed E-state index contributed by atoms with van der Waals surface area (Å²) in [4.78, 5) is 15.1. The van der Waals surface area contributed by atoms with Crippen molar-refractivity contribution in [3.05, 3.63) is 46.9 Å². The van der Waals surface area contributed by atoms with Crippen molar-refractivity contribution < 1.29 is 18.0 Å². The number of carbonyl (C=O) groups is 1. The maximum Gasteiger partial charge on any atom is 0.256 e. The minimum atomic E-state index is -0.935. The van der Waals surface area contributed by atoms with Gasteiger partial charge in [0, 0.05) is 43.2 Å². The highest BCUT2D eigenvalue weighted by Crippen LogP contribution is 2.45. The summed E-state index contributed by atoms with van der Waals surface area (Å²) in [5.74, 6) is -2.79. The lowest BCUT2D eigenvalue weighted by Gasteiger charge is -2.37. The number of anilines is 1. The summed E-state index contributed by atoms with van der Waals surface area (Å²) in [5.41, 5.74) is 6.10. The first kappa shape index (κ1) is 20.9. The van der Waals surface area contributed by atoms with E-state index >= 15 is 8.78 Å². The number of nitrogens with two attached hydrogens (primary N) is 1. The first-order valence-electron chi connectivity index (χ1n) is 10.7. The van der Waals surface area contributed by atoms with Gasteiger partial charge in [-0.05, 0) is 24.1 Å². The third kappa shape index (κ3) is 2.79. The molecule has 11 heteroatoms. The maximum atomic E-state index is 15.8. The zero-order chi connectivity index (χ0) is 23.7. The second-order valence-corrected chi connectivity index (χ2v) is 9.47. The lowest BCUT2D eigenvalue weighted by atomic mass is 9.93. The molecule has 2 aliphatic rings. The van der Waals surface area contributed by atoms with Crippen molar-refractivity contribution >= 4 is 43.2 Å². The van der Waals surface area contributed by atoms with Crippen LogP contribution in [0.15, 0.2) is 18.2 Å². The zero-order valence-corrected chi connectivity index (χ0v) is 18.5. The second kappa shape index (κ2) is 7.44. The molecule has 0 aliphatic carbocycles. The number of piperazine rings is 1. The van der Waals surface area contributed by atoms with Gasteiger partial charge in [0.25, 0.3) is 5.91 Å². The molecule has 2 aliphatic heterocycles. The van der Waals surface area contributed by atoms with Gasteiger partial charge in [-0.15, -0.1) is 16.4 Å². The van der Waals surface area contributed by atoms with E-state index in [0.29, 0.717) is 32.6 Å². The van der Waals surface area contributed by atoms with Crippen LogP contribution >= 0.6 is 11.3 Å². The normalized spacial score (nSPS) is 18.1. The molecule has 1 fully saturated rings. The van der Waals surface area contributed by atoms with Crippen LogP contribution in [-0.2, 0) is 6.54 Å². The average molecular weight is 482 g/mol. The van der Waals surface area contributed by atoms with Gasteiger partial charge in [0.15, 0.2) is 0 Å². The zero-order valence-electron chi connectivity index (χ0n) is 17.7. The van der Waals surface area contributed by atoms with E-state index in [2.05, 4.69) is 10.4 Å². The highest BCUT2D eigenvalue weighted by atomic mass is 32.1. The molecule has 1 saturated heterocycles. The van der Waals surface area contributed by atoms with Crippen LogP contribution < -0.4 is 11.1 Å². The Labute approximate surface area is 195 Å². The molecule has 1 atom stereocenters. The molecule has 0 unspecified atom stereocenters. The summed E-state index contributed by atoms with van der Waals surface area (Å²) >= 11 is 0.874. The van der Waals surface area contributed by atoms with E-state index in [1.807, 2.05) is 6.07 Å². The van der Waals surface area contributed by atoms with E-state index in [1.165, 1.54) is 10.7 Å². The Morgan fingerprint density at radius 3 is 2.79 bits per heavy atom. The summed E-state index contributed by atoms with van der Waals surface area (Å²) in [6.45, 7) is 2.01. The minimum absolute atomic E-state index is 0.000206. The number of hydrogen-bond acceptors (Lipinski definition) is 6. The lowest BCUT2D eigenvalue weighted by molar-refractivity contribution is 0.0613. The molecular weight excluding hydrogens is 465 g/mol. The standard InChI is InChI=1S/C23H17F3N6OS/c24-14-2-1-11(16-13(8-27)22(28)34-20(14)16)17-15(25)7-12-19-18(17)21(26)30-32(19)5-3-10-9-29-4-6-31(10)23(12)33/h1-2,7,10,29H,3-6,9,28H2/t10-/m1/s1. The molecule has 6 rings (SSSR count). The SMILES string of the molecule is N#Cc1c(N)sc2c(F)ccc(-c3c(F)cc4c5c3c(F)nn5CC[C@@H]3CNCCN3C4=O)c12. The van der Waals surface area contributed by atoms with Crippen molar-refractivity contribution in [2.75, 3.05) is 25.4 Å². The van der Waals surface area contributed by atoms with E-state index in [4.69, 9.17) is 5.73 Å². The Balaban J connectivity index is 1.69. The van der Waals surface area contributed by atoms with E-state index < -0.39 is 17.6 Å². The molecule has 2 aromatic heterocycles. The van der Waals surface area contributed by atoms with Crippen LogP contribution in [0, 0.1) is 28.9 Å². The Morgan fingerprint density at radius 1 is 1.18 bits per heavy atom. The Bertz CT molecular complexity index is 1570. The van der Waals surface area contributed by atoms with Gasteiger partial charge in [-0.1, -0.05) is 6.07 Å². The number of nitrogens with one attached hydrogen (secondary N) is 1. The number of nitriles is 1. The number of rotatable bonds is 1. The molecule has 0 bridgehead atoms. The second-order valence-electron chi connectivity index (χ2n) is 8.42. The molecule has 0 spiro atoms. The van der Waals surface area contributed by atoms with Crippen molar-refractivity contribution in [1.29, 1.82) is 5.26 Å². The number of aromatic nitrogens is 2. The molecule has 1 amide bonds. The van der Waals surface area contributed by atoms with Gasteiger partial charge >= 0.3 is 0 Å². The number of aryl methyl sites for hydroxylation is 1. The Morgan fingerprint density at radius 2 is 2.00 bits per heavy atom. The van der Waals surface area contributed by atoms with Crippen LogP contribution in [0.1, 0.15) is 22.3 Å². The fraction of sp³-hybridized carbons (Fsp3) is 0.261. The molecule has 3 N–H and O–H groups in total. The number of carbonyl (C=O) groups excluding carboxylic acids is 1. The number of halogens is 3. The maximum absolute atomic E-state index is 15.8. The topological polar surface area (TPSA) is 100.0 Å². The smallest absolute Gasteiger partial charge is 0.256 e. The number of amides is 1. The molecule has 34 heavy (non-hydrogen) atoms. The van der Waals surface area contributed by atoms with E-state index in [0.717, 1.165) is 23.5 Å². The van der Waals surface area contributed by atoms with Crippen LogP contribution in [0.25, 0.3) is 32.1 Å². The fourth-order valence-electron chi connectivity index (χ4n) is 5.12. The number of benzene rings is 2. The highest BCUT2D eigenvalue weighted by molar-refractivity contribution is 7.23. The fourth-order valence-corrected chi connectivity index (χ4v) is 6.07. The van der Waals surface area contributed by atoms with Crippen molar-refractivity contribution in [2.45, 2.75) is 19.0 Å². The summed E-state index contributed by atoms with van der Waals surface area (Å²) in [6.07, 6.45) is 0.557. The molecular formula is C23H17F3N6OS. The summed E-state index contributed by atoms with van der Waals surface area (Å²) < 4.78 is 47.2. The van der Waals surface area contributed by atoms with Gasteiger partial charge < -0.3 is 16.0 Å². The number of nitrogen functional groups attached to an aromatic ring is 1. The van der Waals surface area contributed by atoms with E-state index in [-0.39, 0.29) is 60.2 Å². The van der Waals surface area contributed by atoms with Crippen LogP contribution in [0.5, 0.6) is 0 Å². The molecule has 0 radical (unpaired) electrons. The number of fused-ring (bicyclic) bond motifs is 2. The molecule has 4 aromatic rings. The van der Waals surface area contributed by atoms with Crippen LogP contribution in [0.4, 0.5) is 18.2 Å². The molecule has 172 valence electrons. The van der Waals surface area contributed by atoms with Gasteiger partial charge in [0.1, 0.15) is 22.7 Å². The Kier molecular flexibility index (Phi) is 4.59. The van der Waals surface area contributed by atoms with Crippen molar-refractivity contribution in [3.63, 3.8) is 0 Å². The number of hydrogen-bond donors (Lipinski definition) is 2. The summed E-state index contributed by atoms with van der Waals surface area (Å²) in [7, 11) is 0. The van der Waals surface area contributed by atoms with Gasteiger partial charge in [-0.25, -0.2) is 8.78 Å². The van der Waals surface area contributed by atoms with Crippen molar-refractivity contribution in [2.24, 2.45) is 0 Å². The largest absolute Gasteiger partial charge is 0.389 e. The van der Waals surface area contributed by atoms with E-state index in [1.54, 1.807) is 4.90 Å². The number of nitrogens with zero attached hydrogens (tertiary/aromatic N) is 4. The predicted molar refractivity (Wildman–Crippen MR) is 122 cm³/mol. The van der Waals surface area contributed by atoms with Gasteiger partial charge in [0.2, 0.25) is 5.95 Å². The molecule has 4 heterocycles. The van der Waals surface area contributed by atoms with Crippen molar-refractivity contribution in [1.82, 2.24) is 20.0 Å². The molecule has 7 nitrogen and oxygen atoms in total. The summed E-state index contributed by atoms with van der Waals surface area (Å²) in [5, 5.41) is 16.9. The lowest BCUT2D eigenvalue weighted by Crippen LogP contribution is -2.54. The molecule has 0 saturated carbocycles. The monoisotopic (exact) mass is 482 g/mol. The van der Waals surface area contributed by atoms with E-state index in [9.17, 15) is 14.4 Å². The third-order valence-electron chi connectivity index (χ3n) is 6.64. The van der Waals surface area contributed by atoms with Gasteiger partial charge in [-0.3, -0.25) is 9.48 Å². The van der Waals surface area contributed by atoms with Gasteiger partial charge in [-0.2, -0.15) is 9.65 Å². The first-order chi connectivity index (χ1) is 16.4. The first-order valence-corrected chi connectivity index (χ1v) is 11.5. The van der Waals surface area contributed by atoms with Crippen LogP contribution in [0.3, 0.4) is 0 Å². The number of thiophene rings is 1. The average Bonchev–Trinajstić information content (AvgIpc) is 3.34. The van der Waals surface area contributed by atoms with Crippen LogP contribution in [0.2, 0.25) is 0 Å². The Hall–Kier alpha value is -3.62.